The largest absolute Gasteiger partial charge is 0.476 e. The first-order valence-corrected chi connectivity index (χ1v) is 4.95. The average molecular weight is 198 g/mol. The summed E-state index contributed by atoms with van der Waals surface area (Å²) in [5, 5.41) is 13.5. The molecule has 0 saturated heterocycles. The maximum absolute atomic E-state index is 10.7. The third-order valence-electron chi connectivity index (χ3n) is 1.85. The zero-order valence-corrected chi connectivity index (χ0v) is 8.02. The normalized spacial score (nSPS) is 15.8. The van der Waals surface area contributed by atoms with E-state index in [0.29, 0.717) is 11.0 Å². The second-order valence-corrected chi connectivity index (χ2v) is 4.34. The molecule has 0 aliphatic heterocycles. The van der Waals surface area contributed by atoms with E-state index in [-0.39, 0.29) is 5.69 Å². The van der Waals surface area contributed by atoms with E-state index in [9.17, 15) is 4.79 Å². The van der Waals surface area contributed by atoms with Crippen LogP contribution in [0.1, 0.15) is 28.3 Å². The second-order valence-electron chi connectivity index (χ2n) is 3.13. The van der Waals surface area contributed by atoms with Gasteiger partial charge in [-0.2, -0.15) is 0 Å². The number of aromatic carboxylic acids is 1. The topological polar surface area (TPSA) is 62.2 Å². The Kier molecular flexibility index (Phi) is 1.95. The van der Waals surface area contributed by atoms with Gasteiger partial charge < -0.3 is 10.4 Å². The van der Waals surface area contributed by atoms with Gasteiger partial charge in [-0.3, -0.25) is 0 Å². The summed E-state index contributed by atoms with van der Waals surface area (Å²) in [5.41, 5.74) is 0.161. The molecule has 1 saturated carbocycles. The first-order chi connectivity index (χ1) is 6.16. The van der Waals surface area contributed by atoms with Crippen LogP contribution in [-0.2, 0) is 0 Å². The Labute approximate surface area is 79.6 Å². The number of anilines is 1. The number of carbonyl (C=O) groups is 1. The van der Waals surface area contributed by atoms with E-state index < -0.39 is 5.97 Å². The van der Waals surface area contributed by atoms with Crippen LogP contribution in [0.25, 0.3) is 0 Å². The SMILES string of the molecule is Cc1nc(C(=O)O)c(NC2CC2)s1. The van der Waals surface area contributed by atoms with E-state index in [1.54, 1.807) is 0 Å². The van der Waals surface area contributed by atoms with Crippen molar-refractivity contribution < 1.29 is 9.90 Å². The Balaban J connectivity index is 2.24. The van der Waals surface area contributed by atoms with Crippen LogP contribution in [0.5, 0.6) is 0 Å². The molecule has 1 aliphatic rings. The smallest absolute Gasteiger partial charge is 0.357 e. The molecule has 2 N–H and O–H groups in total. The third-order valence-corrected chi connectivity index (χ3v) is 2.75. The number of carboxylic acid groups (broad SMARTS) is 1. The van der Waals surface area contributed by atoms with E-state index in [0.717, 1.165) is 17.8 Å². The molecule has 5 heteroatoms. The van der Waals surface area contributed by atoms with Crippen LogP contribution in [0.15, 0.2) is 0 Å². The number of thiazole rings is 1. The van der Waals surface area contributed by atoms with E-state index in [1.807, 2.05) is 6.92 Å². The van der Waals surface area contributed by atoms with Gasteiger partial charge >= 0.3 is 5.97 Å². The lowest BCUT2D eigenvalue weighted by Crippen LogP contribution is -2.05. The predicted octanol–water partition coefficient (Wildman–Crippen LogP) is 1.72. The number of carboxylic acids is 1. The first kappa shape index (κ1) is 8.50. The fourth-order valence-electron chi connectivity index (χ4n) is 1.08. The molecule has 4 nitrogen and oxygen atoms in total. The molecule has 13 heavy (non-hydrogen) atoms. The lowest BCUT2D eigenvalue weighted by atomic mass is 10.4. The molecule has 1 fully saturated rings. The van der Waals surface area contributed by atoms with Gasteiger partial charge in [0.15, 0.2) is 5.69 Å². The van der Waals surface area contributed by atoms with Crippen LogP contribution in [0, 0.1) is 6.92 Å². The molecule has 1 heterocycles. The van der Waals surface area contributed by atoms with Crippen molar-refractivity contribution >= 4 is 22.3 Å². The van der Waals surface area contributed by atoms with E-state index in [4.69, 9.17) is 5.11 Å². The van der Waals surface area contributed by atoms with Crippen LogP contribution < -0.4 is 5.32 Å². The molecular formula is C8H10N2O2S. The summed E-state index contributed by atoms with van der Waals surface area (Å²) < 4.78 is 0. The molecule has 0 spiro atoms. The van der Waals surface area contributed by atoms with E-state index >= 15 is 0 Å². The Morgan fingerprint density at radius 2 is 2.38 bits per heavy atom. The number of nitrogens with one attached hydrogen (secondary N) is 1. The molecule has 70 valence electrons. The summed E-state index contributed by atoms with van der Waals surface area (Å²) in [5.74, 6) is -0.951. The molecule has 2 rings (SSSR count). The highest BCUT2D eigenvalue weighted by molar-refractivity contribution is 7.16. The van der Waals surface area contributed by atoms with E-state index in [1.165, 1.54) is 11.3 Å². The van der Waals surface area contributed by atoms with Crippen molar-refractivity contribution in [3.05, 3.63) is 10.7 Å². The Hall–Kier alpha value is -1.10. The maximum Gasteiger partial charge on any atom is 0.357 e. The summed E-state index contributed by atoms with van der Waals surface area (Å²) in [6.45, 7) is 1.81. The van der Waals surface area contributed by atoms with Crippen molar-refractivity contribution in [3.8, 4) is 0 Å². The predicted molar refractivity (Wildman–Crippen MR) is 50.5 cm³/mol. The highest BCUT2D eigenvalue weighted by Crippen LogP contribution is 2.30. The fourth-order valence-corrected chi connectivity index (χ4v) is 1.97. The van der Waals surface area contributed by atoms with Crippen LogP contribution in [0.2, 0.25) is 0 Å². The summed E-state index contributed by atoms with van der Waals surface area (Å²) in [6.07, 6.45) is 2.27. The van der Waals surface area contributed by atoms with Gasteiger partial charge in [0.2, 0.25) is 0 Å². The summed E-state index contributed by atoms with van der Waals surface area (Å²) in [6, 6.07) is 0.470. The Bertz CT molecular complexity index is 344. The van der Waals surface area contributed by atoms with Gasteiger partial charge in [-0.1, -0.05) is 0 Å². The Morgan fingerprint density at radius 3 is 2.92 bits per heavy atom. The molecule has 1 aliphatic carbocycles. The highest BCUT2D eigenvalue weighted by Gasteiger charge is 2.25. The molecule has 0 amide bonds. The molecule has 1 aromatic rings. The zero-order valence-electron chi connectivity index (χ0n) is 7.20. The number of rotatable bonds is 3. The van der Waals surface area contributed by atoms with Gasteiger partial charge in [0.1, 0.15) is 5.00 Å². The van der Waals surface area contributed by atoms with Crippen LogP contribution in [0.3, 0.4) is 0 Å². The lowest BCUT2D eigenvalue weighted by Gasteiger charge is -1.99. The van der Waals surface area contributed by atoms with Crippen molar-refractivity contribution in [1.82, 2.24) is 4.98 Å². The summed E-state index contributed by atoms with van der Waals surface area (Å²) in [7, 11) is 0. The number of aromatic nitrogens is 1. The minimum Gasteiger partial charge on any atom is -0.476 e. The van der Waals surface area contributed by atoms with Crippen LogP contribution in [-0.4, -0.2) is 22.1 Å². The van der Waals surface area contributed by atoms with E-state index in [2.05, 4.69) is 10.3 Å². The molecule has 0 radical (unpaired) electrons. The van der Waals surface area contributed by atoms with Crippen LogP contribution in [0.4, 0.5) is 5.00 Å². The molecular weight excluding hydrogens is 188 g/mol. The average Bonchev–Trinajstić information content (AvgIpc) is 2.75. The molecule has 0 atom stereocenters. The van der Waals surface area contributed by atoms with Crippen molar-refractivity contribution in [1.29, 1.82) is 0 Å². The van der Waals surface area contributed by atoms with Crippen molar-refractivity contribution in [2.24, 2.45) is 0 Å². The minimum atomic E-state index is -0.951. The maximum atomic E-state index is 10.7. The van der Waals surface area contributed by atoms with Gasteiger partial charge in [0, 0.05) is 6.04 Å². The Morgan fingerprint density at radius 1 is 1.69 bits per heavy atom. The van der Waals surface area contributed by atoms with Gasteiger partial charge in [0.05, 0.1) is 5.01 Å². The van der Waals surface area contributed by atoms with Gasteiger partial charge in [0.25, 0.3) is 0 Å². The molecule has 1 aromatic heterocycles. The van der Waals surface area contributed by atoms with Crippen molar-refractivity contribution in [2.45, 2.75) is 25.8 Å². The van der Waals surface area contributed by atoms with Crippen molar-refractivity contribution in [2.75, 3.05) is 5.32 Å². The zero-order chi connectivity index (χ0) is 9.42. The highest BCUT2D eigenvalue weighted by atomic mass is 32.1. The number of hydrogen-bond donors (Lipinski definition) is 2. The number of aryl methyl sites for hydroxylation is 1. The molecule has 0 aromatic carbocycles. The third kappa shape index (κ3) is 1.80. The standard InChI is InChI=1S/C8H10N2O2S/c1-4-9-6(8(11)12)7(13-4)10-5-2-3-5/h5,10H,2-3H2,1H3,(H,11,12). The summed E-state index contributed by atoms with van der Waals surface area (Å²) >= 11 is 1.41. The minimum absolute atomic E-state index is 0.161. The first-order valence-electron chi connectivity index (χ1n) is 4.14. The quantitative estimate of drug-likeness (QED) is 0.776. The number of hydrogen-bond acceptors (Lipinski definition) is 4. The lowest BCUT2D eigenvalue weighted by molar-refractivity contribution is 0.0692. The van der Waals surface area contributed by atoms with Gasteiger partial charge in [-0.05, 0) is 19.8 Å². The van der Waals surface area contributed by atoms with Gasteiger partial charge in [-0.25, -0.2) is 9.78 Å². The summed E-state index contributed by atoms with van der Waals surface area (Å²) in [4.78, 5) is 14.7. The fraction of sp³-hybridized carbons (Fsp3) is 0.500. The number of nitrogens with zero attached hydrogens (tertiary/aromatic N) is 1. The molecule has 0 unspecified atom stereocenters. The monoisotopic (exact) mass is 198 g/mol. The second kappa shape index (κ2) is 2.99. The van der Waals surface area contributed by atoms with Crippen molar-refractivity contribution in [3.63, 3.8) is 0 Å². The molecule has 0 bridgehead atoms. The van der Waals surface area contributed by atoms with Crippen LogP contribution >= 0.6 is 11.3 Å². The van der Waals surface area contributed by atoms with Gasteiger partial charge in [-0.15, -0.1) is 11.3 Å².